The van der Waals surface area contributed by atoms with E-state index in [0.717, 1.165) is 24.1 Å². The van der Waals surface area contributed by atoms with Crippen LogP contribution < -0.4 is 5.32 Å². The van der Waals surface area contributed by atoms with Gasteiger partial charge in [0.05, 0.1) is 5.69 Å². The van der Waals surface area contributed by atoms with Gasteiger partial charge in [-0.05, 0) is 13.0 Å². The number of nitrogens with one attached hydrogen (secondary N) is 1. The third kappa shape index (κ3) is 5.44. The number of thioether (sulfide) groups is 1. The maximum atomic E-state index is 4.90. The summed E-state index contributed by atoms with van der Waals surface area (Å²) in [5.74, 6) is 1.05. The van der Waals surface area contributed by atoms with Gasteiger partial charge in [0.15, 0.2) is 0 Å². The maximum absolute atomic E-state index is 4.90. The van der Waals surface area contributed by atoms with Gasteiger partial charge >= 0.3 is 0 Å². The van der Waals surface area contributed by atoms with Gasteiger partial charge < -0.3 is 5.32 Å². The first-order chi connectivity index (χ1) is 8.88. The van der Waals surface area contributed by atoms with E-state index in [1.165, 1.54) is 22.0 Å². The fraction of sp³-hybridized carbons (Fsp3) is 0.800. The molecule has 0 aliphatic heterocycles. The van der Waals surface area contributed by atoms with Gasteiger partial charge in [-0.15, -0.1) is 11.3 Å². The molecule has 1 N–H and O–H groups in total. The standard InChI is InChI=1S/C15H28N2S2/c1-7-11(3)18-10-13-17-14(15(4,5)6)12(19-13)9-16-8-2/h11,16H,7-10H2,1-6H3. The predicted molar refractivity (Wildman–Crippen MR) is 89.2 cm³/mol. The maximum Gasteiger partial charge on any atom is 0.103 e. The van der Waals surface area contributed by atoms with Crippen molar-refractivity contribution in [1.82, 2.24) is 10.3 Å². The Hall–Kier alpha value is -0.0600. The zero-order valence-electron chi connectivity index (χ0n) is 13.2. The molecule has 0 bridgehead atoms. The van der Waals surface area contributed by atoms with Gasteiger partial charge in [-0.25, -0.2) is 4.98 Å². The molecule has 1 atom stereocenters. The van der Waals surface area contributed by atoms with Crippen LogP contribution in [0.25, 0.3) is 0 Å². The highest BCUT2D eigenvalue weighted by molar-refractivity contribution is 7.99. The predicted octanol–water partition coefficient (Wildman–Crippen LogP) is 4.58. The summed E-state index contributed by atoms with van der Waals surface area (Å²) in [4.78, 5) is 6.31. The van der Waals surface area contributed by atoms with E-state index in [2.05, 4.69) is 46.9 Å². The summed E-state index contributed by atoms with van der Waals surface area (Å²) < 4.78 is 0. The molecule has 1 aromatic heterocycles. The SMILES string of the molecule is CCNCc1sc(CSC(C)CC)nc1C(C)(C)C. The number of thiazole rings is 1. The lowest BCUT2D eigenvalue weighted by molar-refractivity contribution is 0.560. The smallest absolute Gasteiger partial charge is 0.103 e. The molecular formula is C15H28N2S2. The van der Waals surface area contributed by atoms with Gasteiger partial charge in [0.25, 0.3) is 0 Å². The molecule has 0 fully saturated rings. The van der Waals surface area contributed by atoms with Crippen LogP contribution in [0.15, 0.2) is 0 Å². The number of nitrogens with zero attached hydrogens (tertiary/aromatic N) is 1. The van der Waals surface area contributed by atoms with E-state index in [1.807, 2.05) is 23.1 Å². The second-order valence-corrected chi connectivity index (χ2v) is 8.53. The van der Waals surface area contributed by atoms with Gasteiger partial charge in [-0.1, -0.05) is 41.5 Å². The fourth-order valence-electron chi connectivity index (χ4n) is 1.74. The quantitative estimate of drug-likeness (QED) is 0.797. The van der Waals surface area contributed by atoms with E-state index in [4.69, 9.17) is 4.98 Å². The van der Waals surface area contributed by atoms with E-state index in [9.17, 15) is 0 Å². The third-order valence-electron chi connectivity index (χ3n) is 3.05. The Morgan fingerprint density at radius 3 is 2.53 bits per heavy atom. The van der Waals surface area contributed by atoms with Crippen LogP contribution in [-0.2, 0) is 17.7 Å². The van der Waals surface area contributed by atoms with Crippen molar-refractivity contribution >= 4 is 23.1 Å². The Labute approximate surface area is 126 Å². The lowest BCUT2D eigenvalue weighted by Gasteiger charge is -2.17. The van der Waals surface area contributed by atoms with Crippen molar-refractivity contribution in [2.45, 2.75) is 70.9 Å². The minimum Gasteiger partial charge on any atom is -0.312 e. The summed E-state index contributed by atoms with van der Waals surface area (Å²) in [6.45, 7) is 15.4. The fourth-order valence-corrected chi connectivity index (χ4v) is 3.95. The van der Waals surface area contributed by atoms with Gasteiger partial charge in [0, 0.05) is 27.8 Å². The van der Waals surface area contributed by atoms with Crippen molar-refractivity contribution < 1.29 is 0 Å². The van der Waals surface area contributed by atoms with Crippen molar-refractivity contribution in [3.05, 3.63) is 15.6 Å². The van der Waals surface area contributed by atoms with Crippen LogP contribution in [0.5, 0.6) is 0 Å². The molecule has 0 saturated carbocycles. The summed E-state index contributed by atoms with van der Waals surface area (Å²) in [6.07, 6.45) is 1.23. The van der Waals surface area contributed by atoms with Crippen molar-refractivity contribution in [3.8, 4) is 0 Å². The van der Waals surface area contributed by atoms with Crippen LogP contribution in [0.4, 0.5) is 0 Å². The zero-order valence-corrected chi connectivity index (χ0v) is 14.8. The van der Waals surface area contributed by atoms with Crippen molar-refractivity contribution in [3.63, 3.8) is 0 Å². The number of hydrogen-bond donors (Lipinski definition) is 1. The molecule has 19 heavy (non-hydrogen) atoms. The second-order valence-electron chi connectivity index (χ2n) is 5.94. The molecular weight excluding hydrogens is 272 g/mol. The molecule has 0 radical (unpaired) electrons. The van der Waals surface area contributed by atoms with E-state index < -0.39 is 0 Å². The van der Waals surface area contributed by atoms with E-state index in [-0.39, 0.29) is 5.41 Å². The molecule has 1 heterocycles. The topological polar surface area (TPSA) is 24.9 Å². The summed E-state index contributed by atoms with van der Waals surface area (Å²) in [5, 5.41) is 5.43. The Balaban J connectivity index is 2.81. The first-order valence-corrected chi connectivity index (χ1v) is 9.06. The van der Waals surface area contributed by atoms with Crippen LogP contribution in [0.2, 0.25) is 0 Å². The third-order valence-corrected chi connectivity index (χ3v) is 5.63. The van der Waals surface area contributed by atoms with Gasteiger partial charge in [-0.3, -0.25) is 0 Å². The highest BCUT2D eigenvalue weighted by Crippen LogP contribution is 2.32. The lowest BCUT2D eigenvalue weighted by atomic mass is 9.91. The molecule has 0 aromatic carbocycles. The average Bonchev–Trinajstić information content (AvgIpc) is 2.76. The molecule has 0 spiro atoms. The van der Waals surface area contributed by atoms with Gasteiger partial charge in [0.1, 0.15) is 5.01 Å². The molecule has 0 aliphatic carbocycles. The van der Waals surface area contributed by atoms with Crippen LogP contribution in [0.1, 0.15) is 63.5 Å². The molecule has 1 aromatic rings. The van der Waals surface area contributed by atoms with Crippen LogP contribution >= 0.6 is 23.1 Å². The Kier molecular flexibility index (Phi) is 6.84. The van der Waals surface area contributed by atoms with Crippen LogP contribution in [0, 0.1) is 0 Å². The van der Waals surface area contributed by atoms with Gasteiger partial charge in [0.2, 0.25) is 0 Å². The largest absolute Gasteiger partial charge is 0.312 e. The number of hydrogen-bond acceptors (Lipinski definition) is 4. The molecule has 110 valence electrons. The van der Waals surface area contributed by atoms with E-state index in [1.54, 1.807) is 0 Å². The lowest BCUT2D eigenvalue weighted by Crippen LogP contribution is -2.18. The minimum atomic E-state index is 0.139. The molecule has 1 rings (SSSR count). The molecule has 0 aliphatic rings. The van der Waals surface area contributed by atoms with E-state index in [0.29, 0.717) is 0 Å². The van der Waals surface area contributed by atoms with Crippen molar-refractivity contribution in [1.29, 1.82) is 0 Å². The highest BCUT2D eigenvalue weighted by atomic mass is 32.2. The van der Waals surface area contributed by atoms with Crippen molar-refractivity contribution in [2.24, 2.45) is 0 Å². The summed E-state index contributed by atoms with van der Waals surface area (Å²) in [5.41, 5.74) is 1.42. The molecule has 4 heteroatoms. The monoisotopic (exact) mass is 300 g/mol. The van der Waals surface area contributed by atoms with Gasteiger partial charge in [-0.2, -0.15) is 11.8 Å². The Morgan fingerprint density at radius 2 is 2.00 bits per heavy atom. The average molecular weight is 301 g/mol. The highest BCUT2D eigenvalue weighted by Gasteiger charge is 2.23. The van der Waals surface area contributed by atoms with E-state index >= 15 is 0 Å². The minimum absolute atomic E-state index is 0.139. The van der Waals surface area contributed by atoms with Crippen LogP contribution in [0.3, 0.4) is 0 Å². The molecule has 2 nitrogen and oxygen atoms in total. The Morgan fingerprint density at radius 1 is 1.32 bits per heavy atom. The molecule has 1 unspecified atom stereocenters. The van der Waals surface area contributed by atoms with Crippen LogP contribution in [-0.4, -0.2) is 16.8 Å². The normalized spacial score (nSPS) is 13.8. The zero-order chi connectivity index (χ0) is 14.5. The number of rotatable bonds is 7. The second kappa shape index (κ2) is 7.65. The van der Waals surface area contributed by atoms with Crippen molar-refractivity contribution in [2.75, 3.05) is 6.54 Å². The Bertz CT molecular complexity index is 380. The molecule has 0 saturated heterocycles. The first kappa shape index (κ1) is 17.0. The first-order valence-electron chi connectivity index (χ1n) is 7.19. The number of aromatic nitrogens is 1. The molecule has 0 amide bonds. The summed E-state index contributed by atoms with van der Waals surface area (Å²) >= 11 is 3.90. The summed E-state index contributed by atoms with van der Waals surface area (Å²) in [6, 6.07) is 0. The summed E-state index contributed by atoms with van der Waals surface area (Å²) in [7, 11) is 0.